The third-order valence-corrected chi connectivity index (χ3v) is 6.76. The molecule has 36 heavy (non-hydrogen) atoms. The Morgan fingerprint density at radius 2 is 1.83 bits per heavy atom. The first-order valence-electron chi connectivity index (χ1n) is 12.1. The highest BCUT2D eigenvalue weighted by Gasteiger charge is 2.21. The Morgan fingerprint density at radius 3 is 2.61 bits per heavy atom. The van der Waals surface area contributed by atoms with Crippen LogP contribution in [0.5, 0.6) is 5.75 Å². The Balaban J connectivity index is 1.45. The molecule has 2 aromatic heterocycles. The molecule has 5 rings (SSSR count). The molecule has 0 unspecified atom stereocenters. The molecule has 0 atom stereocenters. The summed E-state index contributed by atoms with van der Waals surface area (Å²) in [6.45, 7) is 6.35. The van der Waals surface area contributed by atoms with Crippen molar-refractivity contribution in [1.82, 2.24) is 19.7 Å². The number of nitrogens with zero attached hydrogens (tertiary/aromatic N) is 4. The number of ether oxygens (including phenoxy) is 1. The number of fused-ring (bicyclic) bond motifs is 1. The Bertz CT molecular complexity index is 1460. The molecule has 4 aromatic rings. The topological polar surface area (TPSA) is 80.5 Å². The third kappa shape index (κ3) is 4.62. The van der Waals surface area contributed by atoms with Crippen molar-refractivity contribution >= 4 is 5.97 Å². The van der Waals surface area contributed by atoms with Crippen molar-refractivity contribution < 1.29 is 14.6 Å². The average molecular weight is 483 g/mol. The van der Waals surface area contributed by atoms with Crippen molar-refractivity contribution in [2.75, 3.05) is 13.6 Å². The highest BCUT2D eigenvalue weighted by molar-refractivity contribution is 5.89. The number of carboxylic acid groups (broad SMARTS) is 1. The number of aromatic carboxylic acids is 1. The van der Waals surface area contributed by atoms with Gasteiger partial charge in [0, 0.05) is 31.3 Å². The average Bonchev–Trinajstić information content (AvgIpc) is 3.17. The summed E-state index contributed by atoms with van der Waals surface area (Å²) in [5.74, 6) is -0.287. The monoisotopic (exact) mass is 482 g/mol. The quantitative estimate of drug-likeness (QED) is 0.415. The van der Waals surface area contributed by atoms with E-state index < -0.39 is 5.97 Å². The van der Waals surface area contributed by atoms with E-state index in [1.54, 1.807) is 18.7 Å². The lowest BCUT2D eigenvalue weighted by atomic mass is 9.98. The number of rotatable bonds is 6. The van der Waals surface area contributed by atoms with Crippen LogP contribution in [0.2, 0.25) is 0 Å². The fourth-order valence-corrected chi connectivity index (χ4v) is 4.88. The van der Waals surface area contributed by atoms with Gasteiger partial charge in [0.25, 0.3) is 0 Å². The van der Waals surface area contributed by atoms with Gasteiger partial charge in [-0.05, 0) is 68.3 Å². The summed E-state index contributed by atoms with van der Waals surface area (Å²) in [7, 11) is 3.89. The first-order chi connectivity index (χ1) is 17.3. The van der Waals surface area contributed by atoms with Crippen molar-refractivity contribution in [3.8, 4) is 28.4 Å². The summed E-state index contributed by atoms with van der Waals surface area (Å²) in [4.78, 5) is 18.8. The van der Waals surface area contributed by atoms with Crippen molar-refractivity contribution in [3.63, 3.8) is 0 Å². The Hall–Kier alpha value is -3.97. The van der Waals surface area contributed by atoms with Crippen LogP contribution in [0.4, 0.5) is 0 Å². The van der Waals surface area contributed by atoms with Gasteiger partial charge in [-0.3, -0.25) is 4.68 Å². The molecule has 0 saturated heterocycles. The van der Waals surface area contributed by atoms with Gasteiger partial charge in [-0.15, -0.1) is 0 Å². The number of carboxylic acids is 1. The van der Waals surface area contributed by atoms with Crippen molar-refractivity contribution in [2.45, 2.75) is 33.4 Å². The molecule has 2 aromatic carbocycles. The van der Waals surface area contributed by atoms with Crippen molar-refractivity contribution in [3.05, 3.63) is 88.1 Å². The maximum absolute atomic E-state index is 11.6. The lowest BCUT2D eigenvalue weighted by Gasteiger charge is -2.25. The number of likely N-dealkylation sites (N-methyl/N-ethyl adjacent to an activating group) is 1. The smallest absolute Gasteiger partial charge is 0.356 e. The van der Waals surface area contributed by atoms with Gasteiger partial charge < -0.3 is 14.7 Å². The van der Waals surface area contributed by atoms with Crippen LogP contribution in [0.3, 0.4) is 0 Å². The minimum Gasteiger partial charge on any atom is -0.488 e. The van der Waals surface area contributed by atoms with Gasteiger partial charge in [-0.1, -0.05) is 35.9 Å². The second-order valence-corrected chi connectivity index (χ2v) is 9.54. The molecule has 0 amide bonds. The zero-order chi connectivity index (χ0) is 25.4. The Morgan fingerprint density at radius 1 is 1.03 bits per heavy atom. The Kier molecular flexibility index (Phi) is 6.33. The minimum absolute atomic E-state index is 0.0379. The molecule has 3 heterocycles. The van der Waals surface area contributed by atoms with Gasteiger partial charge in [0.2, 0.25) is 0 Å². The van der Waals surface area contributed by atoms with Crippen LogP contribution in [-0.2, 0) is 26.6 Å². The molecule has 1 N–H and O–H groups in total. The molecular weight excluding hydrogens is 452 g/mol. The van der Waals surface area contributed by atoms with Crippen molar-refractivity contribution in [1.29, 1.82) is 0 Å². The van der Waals surface area contributed by atoms with E-state index in [1.165, 1.54) is 11.1 Å². The molecule has 0 aliphatic carbocycles. The van der Waals surface area contributed by atoms with Crippen LogP contribution in [-0.4, -0.2) is 44.3 Å². The SMILES string of the molecule is Cc1ccc(OCc2ccc3c(c2)CCN(C)C3)c(-c2cccc(-c3c(C)c(C(=O)O)nn3C)n2)c1. The van der Waals surface area contributed by atoms with Crippen LogP contribution >= 0.6 is 0 Å². The van der Waals surface area contributed by atoms with Gasteiger partial charge >= 0.3 is 5.97 Å². The zero-order valence-electron chi connectivity index (χ0n) is 21.1. The molecule has 0 bridgehead atoms. The van der Waals surface area contributed by atoms with E-state index >= 15 is 0 Å². The summed E-state index contributed by atoms with van der Waals surface area (Å²) < 4.78 is 7.90. The second-order valence-electron chi connectivity index (χ2n) is 9.54. The number of benzene rings is 2. The van der Waals surface area contributed by atoms with Gasteiger partial charge in [0.05, 0.1) is 17.1 Å². The van der Waals surface area contributed by atoms with E-state index in [1.807, 2.05) is 37.3 Å². The summed E-state index contributed by atoms with van der Waals surface area (Å²) in [6.07, 6.45) is 1.06. The van der Waals surface area contributed by atoms with Crippen LogP contribution in [0.15, 0.2) is 54.6 Å². The van der Waals surface area contributed by atoms with Gasteiger partial charge in [-0.2, -0.15) is 5.10 Å². The van der Waals surface area contributed by atoms with Crippen LogP contribution in [0.25, 0.3) is 22.6 Å². The Labute approximate surface area is 211 Å². The summed E-state index contributed by atoms with van der Waals surface area (Å²) >= 11 is 0. The molecule has 0 spiro atoms. The first kappa shape index (κ1) is 23.8. The number of aromatic nitrogens is 3. The molecule has 0 fully saturated rings. The van der Waals surface area contributed by atoms with E-state index in [2.05, 4.69) is 41.3 Å². The third-order valence-electron chi connectivity index (χ3n) is 6.76. The molecule has 1 aliphatic heterocycles. The highest BCUT2D eigenvalue weighted by Crippen LogP contribution is 2.33. The maximum Gasteiger partial charge on any atom is 0.356 e. The summed E-state index contributed by atoms with van der Waals surface area (Å²) in [5, 5.41) is 13.6. The number of hydrogen-bond acceptors (Lipinski definition) is 5. The number of aryl methyl sites for hydroxylation is 2. The highest BCUT2D eigenvalue weighted by atomic mass is 16.5. The minimum atomic E-state index is -1.05. The fraction of sp³-hybridized carbons (Fsp3) is 0.276. The maximum atomic E-state index is 11.6. The largest absolute Gasteiger partial charge is 0.488 e. The van der Waals surface area contributed by atoms with Gasteiger partial charge in [0.1, 0.15) is 12.4 Å². The van der Waals surface area contributed by atoms with E-state index in [0.29, 0.717) is 23.6 Å². The standard InChI is InChI=1S/C29H30N4O3/c1-18-8-11-26(36-17-20-9-10-22-16-32(3)13-12-21(22)15-20)23(14-18)24-6-5-7-25(30-24)28-19(2)27(29(34)35)31-33(28)4/h5-11,14-15H,12-13,16-17H2,1-4H3,(H,34,35). The zero-order valence-corrected chi connectivity index (χ0v) is 21.1. The number of pyridine rings is 1. The van der Waals surface area contributed by atoms with Crippen LogP contribution in [0.1, 0.15) is 38.3 Å². The summed E-state index contributed by atoms with van der Waals surface area (Å²) in [6, 6.07) is 18.5. The molecule has 0 radical (unpaired) electrons. The van der Waals surface area contributed by atoms with Gasteiger partial charge in [-0.25, -0.2) is 9.78 Å². The van der Waals surface area contributed by atoms with E-state index in [4.69, 9.17) is 9.72 Å². The first-order valence-corrected chi connectivity index (χ1v) is 12.1. The molecular formula is C29H30N4O3. The lowest BCUT2D eigenvalue weighted by molar-refractivity contribution is 0.0689. The van der Waals surface area contributed by atoms with Crippen LogP contribution < -0.4 is 4.74 Å². The summed E-state index contributed by atoms with van der Waals surface area (Å²) in [5.41, 5.74) is 8.69. The van der Waals surface area contributed by atoms with Gasteiger partial charge in [0.15, 0.2) is 5.69 Å². The molecule has 0 saturated carbocycles. The lowest BCUT2D eigenvalue weighted by Crippen LogP contribution is -2.26. The second kappa shape index (κ2) is 9.59. The number of hydrogen-bond donors (Lipinski definition) is 1. The van der Waals surface area contributed by atoms with E-state index in [9.17, 15) is 9.90 Å². The molecule has 7 heteroatoms. The molecule has 7 nitrogen and oxygen atoms in total. The van der Waals surface area contributed by atoms with E-state index in [0.717, 1.165) is 47.6 Å². The normalized spacial score (nSPS) is 13.4. The predicted molar refractivity (Wildman–Crippen MR) is 139 cm³/mol. The van der Waals surface area contributed by atoms with Crippen LogP contribution in [0, 0.1) is 13.8 Å². The number of carbonyl (C=O) groups is 1. The molecule has 184 valence electrons. The van der Waals surface area contributed by atoms with Crippen molar-refractivity contribution in [2.24, 2.45) is 7.05 Å². The molecule has 1 aliphatic rings. The fourth-order valence-electron chi connectivity index (χ4n) is 4.88. The predicted octanol–water partition coefficient (Wildman–Crippen LogP) is 5.03. The van der Waals surface area contributed by atoms with E-state index in [-0.39, 0.29) is 5.69 Å².